The number of carbonyl (C=O) groups excluding carboxylic acids is 1. The molecule has 2 atom stereocenters. The van der Waals surface area contributed by atoms with E-state index in [1.165, 1.54) is 11.8 Å². The monoisotopic (exact) mass is 474 g/mol. The van der Waals surface area contributed by atoms with Crippen LogP contribution in [0.1, 0.15) is 16.7 Å². The summed E-state index contributed by atoms with van der Waals surface area (Å²) in [7, 11) is -0.00261. The summed E-state index contributed by atoms with van der Waals surface area (Å²) >= 11 is 1.38. The van der Waals surface area contributed by atoms with E-state index in [4.69, 9.17) is 9.47 Å². The summed E-state index contributed by atoms with van der Waals surface area (Å²) in [6, 6.07) is 11.0. The second-order valence-corrected chi connectivity index (χ2v) is 11.4. The van der Waals surface area contributed by atoms with E-state index in [2.05, 4.69) is 4.99 Å². The van der Waals surface area contributed by atoms with Crippen molar-refractivity contribution in [3.05, 3.63) is 53.1 Å². The van der Waals surface area contributed by atoms with Gasteiger partial charge < -0.3 is 14.4 Å². The standard InChI is InChI=1S/C23H26N2O5S2/c1-14-6-5-7-17(15(14)2)25-18-12-32(27,28)13-21(18)31-23(25)24-22(26)11-16-8-9-19(29-3)20(10-16)30-4/h5-10,18,21H,11-13H2,1-4H3. The Bertz CT molecular complexity index is 1190. The third-order valence-electron chi connectivity index (χ3n) is 5.93. The van der Waals surface area contributed by atoms with Crippen molar-refractivity contribution in [3.8, 4) is 11.5 Å². The molecule has 0 spiro atoms. The highest BCUT2D eigenvalue weighted by Gasteiger charge is 2.49. The van der Waals surface area contributed by atoms with Crippen LogP contribution in [0, 0.1) is 13.8 Å². The number of methoxy groups -OCH3 is 2. The molecule has 0 radical (unpaired) electrons. The van der Waals surface area contributed by atoms with Gasteiger partial charge in [0.15, 0.2) is 26.5 Å². The van der Waals surface area contributed by atoms with Gasteiger partial charge in [-0.3, -0.25) is 4.79 Å². The lowest BCUT2D eigenvalue weighted by atomic mass is 10.1. The molecule has 2 aromatic carbocycles. The lowest BCUT2D eigenvalue weighted by Crippen LogP contribution is -2.38. The number of ether oxygens (including phenoxy) is 2. The highest BCUT2D eigenvalue weighted by Crippen LogP contribution is 2.42. The molecule has 9 heteroatoms. The van der Waals surface area contributed by atoms with Gasteiger partial charge in [0, 0.05) is 10.9 Å². The summed E-state index contributed by atoms with van der Waals surface area (Å²) in [5.74, 6) is 1.03. The average molecular weight is 475 g/mol. The van der Waals surface area contributed by atoms with Gasteiger partial charge in [-0.05, 0) is 48.7 Å². The van der Waals surface area contributed by atoms with Gasteiger partial charge in [0.2, 0.25) is 0 Å². The third kappa shape index (κ3) is 4.36. The van der Waals surface area contributed by atoms with Crippen molar-refractivity contribution < 1.29 is 22.7 Å². The topological polar surface area (TPSA) is 85.3 Å². The predicted octanol–water partition coefficient (Wildman–Crippen LogP) is 3.16. The Balaban J connectivity index is 1.65. The normalized spacial score (nSPS) is 22.8. The van der Waals surface area contributed by atoms with E-state index < -0.39 is 9.84 Å². The first-order chi connectivity index (χ1) is 15.2. The molecule has 4 rings (SSSR count). The molecular weight excluding hydrogens is 448 g/mol. The molecule has 0 saturated carbocycles. The molecule has 2 heterocycles. The van der Waals surface area contributed by atoms with Gasteiger partial charge in [0.05, 0.1) is 38.2 Å². The van der Waals surface area contributed by atoms with Crippen molar-refractivity contribution in [2.75, 3.05) is 30.6 Å². The highest BCUT2D eigenvalue weighted by molar-refractivity contribution is 8.16. The van der Waals surface area contributed by atoms with Crippen LogP contribution in [-0.2, 0) is 21.1 Å². The van der Waals surface area contributed by atoms with Gasteiger partial charge in [0.1, 0.15) is 0 Å². The number of aliphatic imine (C=N–C) groups is 1. The molecular formula is C23H26N2O5S2. The van der Waals surface area contributed by atoms with Crippen LogP contribution < -0.4 is 14.4 Å². The molecule has 2 aliphatic rings. The number of hydrogen-bond acceptors (Lipinski definition) is 6. The number of anilines is 1. The summed E-state index contributed by atoms with van der Waals surface area (Å²) in [6.45, 7) is 4.03. The van der Waals surface area contributed by atoms with Gasteiger partial charge in [-0.2, -0.15) is 4.99 Å². The molecule has 32 heavy (non-hydrogen) atoms. The van der Waals surface area contributed by atoms with Crippen molar-refractivity contribution in [1.82, 2.24) is 0 Å². The molecule has 2 fully saturated rings. The second-order valence-electron chi connectivity index (χ2n) is 8.04. The fourth-order valence-corrected chi connectivity index (χ4v) is 8.08. The Morgan fingerprint density at radius 3 is 2.59 bits per heavy atom. The van der Waals surface area contributed by atoms with Crippen molar-refractivity contribution in [2.24, 2.45) is 4.99 Å². The predicted molar refractivity (Wildman–Crippen MR) is 128 cm³/mol. The zero-order chi connectivity index (χ0) is 23.0. The van der Waals surface area contributed by atoms with E-state index in [-0.39, 0.29) is 35.1 Å². The van der Waals surface area contributed by atoms with Crippen LogP contribution in [0.25, 0.3) is 0 Å². The summed E-state index contributed by atoms with van der Waals surface area (Å²) in [4.78, 5) is 19.3. The number of amidine groups is 1. The smallest absolute Gasteiger partial charge is 0.252 e. The van der Waals surface area contributed by atoms with Crippen molar-refractivity contribution in [1.29, 1.82) is 0 Å². The quantitative estimate of drug-likeness (QED) is 0.658. The zero-order valence-corrected chi connectivity index (χ0v) is 20.1. The van der Waals surface area contributed by atoms with Crippen molar-refractivity contribution in [3.63, 3.8) is 0 Å². The highest BCUT2D eigenvalue weighted by atomic mass is 32.2. The molecule has 0 bridgehead atoms. The number of sulfone groups is 1. The maximum atomic E-state index is 12.9. The van der Waals surface area contributed by atoms with Crippen LogP contribution >= 0.6 is 11.8 Å². The number of fused-ring (bicyclic) bond motifs is 1. The Hall–Kier alpha value is -2.52. The fourth-order valence-electron chi connectivity index (χ4n) is 4.15. The van der Waals surface area contributed by atoms with E-state index in [1.54, 1.807) is 26.4 Å². The van der Waals surface area contributed by atoms with Crippen LogP contribution in [-0.4, -0.2) is 56.5 Å². The van der Waals surface area contributed by atoms with E-state index in [0.717, 1.165) is 22.4 Å². The van der Waals surface area contributed by atoms with Crippen LogP contribution in [0.4, 0.5) is 5.69 Å². The third-order valence-corrected chi connectivity index (χ3v) is 9.14. The molecule has 2 aliphatic heterocycles. The molecule has 2 saturated heterocycles. The largest absolute Gasteiger partial charge is 0.493 e. The number of benzene rings is 2. The van der Waals surface area contributed by atoms with Crippen molar-refractivity contribution >= 4 is 38.4 Å². The Kier molecular flexibility index (Phi) is 6.22. The van der Waals surface area contributed by atoms with E-state index >= 15 is 0 Å². The summed E-state index contributed by atoms with van der Waals surface area (Å²) < 4.78 is 35.1. The number of thioether (sulfide) groups is 1. The summed E-state index contributed by atoms with van der Waals surface area (Å²) in [5.41, 5.74) is 3.83. The van der Waals surface area contributed by atoms with E-state index in [0.29, 0.717) is 16.7 Å². The Morgan fingerprint density at radius 1 is 1.12 bits per heavy atom. The van der Waals surface area contributed by atoms with Crippen LogP contribution in [0.15, 0.2) is 41.4 Å². The van der Waals surface area contributed by atoms with E-state index in [9.17, 15) is 13.2 Å². The Morgan fingerprint density at radius 2 is 1.88 bits per heavy atom. The van der Waals surface area contributed by atoms with Crippen LogP contribution in [0.2, 0.25) is 0 Å². The zero-order valence-electron chi connectivity index (χ0n) is 18.5. The van der Waals surface area contributed by atoms with Gasteiger partial charge in [-0.25, -0.2) is 8.42 Å². The average Bonchev–Trinajstić information content (AvgIpc) is 3.20. The van der Waals surface area contributed by atoms with Crippen LogP contribution in [0.3, 0.4) is 0 Å². The lowest BCUT2D eigenvalue weighted by molar-refractivity contribution is -0.117. The molecule has 0 aliphatic carbocycles. The molecule has 170 valence electrons. The summed E-state index contributed by atoms with van der Waals surface area (Å²) in [5, 5.41) is 0.432. The van der Waals surface area contributed by atoms with Crippen LogP contribution in [0.5, 0.6) is 11.5 Å². The number of amides is 1. The SMILES string of the molecule is COc1ccc(CC(=O)N=C2SC3CS(=O)(=O)CC3N2c2cccc(C)c2C)cc1OC. The maximum absolute atomic E-state index is 12.9. The minimum absolute atomic E-state index is 0.0704. The molecule has 7 nitrogen and oxygen atoms in total. The molecule has 0 aromatic heterocycles. The van der Waals surface area contributed by atoms with Crippen molar-refractivity contribution in [2.45, 2.75) is 31.6 Å². The minimum Gasteiger partial charge on any atom is -0.493 e. The number of rotatable bonds is 5. The van der Waals surface area contributed by atoms with Gasteiger partial charge >= 0.3 is 0 Å². The molecule has 2 aromatic rings. The number of nitrogens with zero attached hydrogens (tertiary/aromatic N) is 2. The fraction of sp³-hybridized carbons (Fsp3) is 0.391. The number of hydrogen-bond donors (Lipinski definition) is 0. The molecule has 2 unspecified atom stereocenters. The van der Waals surface area contributed by atoms with Gasteiger partial charge in [-0.1, -0.05) is 30.0 Å². The second kappa shape index (κ2) is 8.78. The molecule has 0 N–H and O–H groups in total. The lowest BCUT2D eigenvalue weighted by Gasteiger charge is -2.26. The number of aryl methyl sites for hydroxylation is 1. The Labute approximate surface area is 192 Å². The summed E-state index contributed by atoms with van der Waals surface area (Å²) in [6.07, 6.45) is 0.110. The van der Waals surface area contributed by atoms with Gasteiger partial charge in [0.25, 0.3) is 5.91 Å². The van der Waals surface area contributed by atoms with E-state index in [1.807, 2.05) is 43.0 Å². The molecule has 1 amide bonds. The first kappa shape index (κ1) is 22.7. The first-order valence-electron chi connectivity index (χ1n) is 10.3. The number of carbonyl (C=O) groups is 1. The maximum Gasteiger partial charge on any atom is 0.252 e. The minimum atomic E-state index is -3.11. The first-order valence-corrected chi connectivity index (χ1v) is 13.0. The van der Waals surface area contributed by atoms with Gasteiger partial charge in [-0.15, -0.1) is 0 Å².